The standard InChI is InChI=1S/C16H20FN/c1-18(16-10-3-2-4-11-16)12-6-8-14-7-5-9-15(17)13-14/h5,7,9,13,16H,2-4,10-12H2,1H3. The van der Waals surface area contributed by atoms with Gasteiger partial charge in [0.1, 0.15) is 5.82 Å². The van der Waals surface area contributed by atoms with E-state index in [2.05, 4.69) is 23.8 Å². The van der Waals surface area contributed by atoms with Crippen LogP contribution in [0.15, 0.2) is 24.3 Å². The second-order valence-electron chi connectivity index (χ2n) is 5.02. The average molecular weight is 245 g/mol. The summed E-state index contributed by atoms with van der Waals surface area (Å²) < 4.78 is 13.0. The van der Waals surface area contributed by atoms with Crippen LogP contribution in [0.1, 0.15) is 37.7 Å². The Kier molecular flexibility index (Phi) is 4.78. The number of rotatable bonds is 2. The third kappa shape index (κ3) is 3.85. The minimum atomic E-state index is -0.220. The van der Waals surface area contributed by atoms with E-state index >= 15 is 0 Å². The van der Waals surface area contributed by atoms with Crippen molar-refractivity contribution in [2.75, 3.05) is 13.6 Å². The number of hydrogen-bond donors (Lipinski definition) is 0. The summed E-state index contributed by atoms with van der Waals surface area (Å²) in [5, 5.41) is 0. The van der Waals surface area contributed by atoms with Gasteiger partial charge >= 0.3 is 0 Å². The first kappa shape index (κ1) is 13.1. The summed E-state index contributed by atoms with van der Waals surface area (Å²) in [5.74, 6) is 5.94. The molecule has 0 atom stereocenters. The van der Waals surface area contributed by atoms with E-state index in [1.165, 1.54) is 44.2 Å². The second kappa shape index (κ2) is 6.56. The van der Waals surface area contributed by atoms with Gasteiger partial charge in [0, 0.05) is 11.6 Å². The maximum atomic E-state index is 13.0. The fourth-order valence-corrected chi connectivity index (χ4v) is 2.48. The molecule has 0 spiro atoms. The zero-order valence-corrected chi connectivity index (χ0v) is 11.0. The molecule has 96 valence electrons. The summed E-state index contributed by atoms with van der Waals surface area (Å²) in [6.07, 6.45) is 6.63. The fraction of sp³-hybridized carbons (Fsp3) is 0.500. The van der Waals surface area contributed by atoms with Crippen LogP contribution in [0.3, 0.4) is 0 Å². The predicted octanol–water partition coefficient (Wildman–Crippen LogP) is 3.44. The van der Waals surface area contributed by atoms with Crippen LogP contribution in [-0.2, 0) is 0 Å². The predicted molar refractivity (Wildman–Crippen MR) is 72.8 cm³/mol. The largest absolute Gasteiger partial charge is 0.292 e. The van der Waals surface area contributed by atoms with Crippen molar-refractivity contribution in [3.63, 3.8) is 0 Å². The van der Waals surface area contributed by atoms with Crippen molar-refractivity contribution in [2.45, 2.75) is 38.1 Å². The Hall–Kier alpha value is -1.33. The number of halogens is 1. The fourth-order valence-electron chi connectivity index (χ4n) is 2.48. The molecule has 0 amide bonds. The van der Waals surface area contributed by atoms with E-state index in [-0.39, 0.29) is 5.82 Å². The minimum absolute atomic E-state index is 0.220. The van der Waals surface area contributed by atoms with E-state index in [0.717, 1.165) is 12.1 Å². The molecule has 0 heterocycles. The molecule has 0 saturated heterocycles. The molecule has 0 unspecified atom stereocenters. The zero-order valence-electron chi connectivity index (χ0n) is 11.0. The lowest BCUT2D eigenvalue weighted by Gasteiger charge is -2.29. The molecule has 1 aliphatic carbocycles. The van der Waals surface area contributed by atoms with Gasteiger partial charge < -0.3 is 0 Å². The first-order valence-corrected chi connectivity index (χ1v) is 6.70. The first-order chi connectivity index (χ1) is 8.75. The minimum Gasteiger partial charge on any atom is -0.292 e. The summed E-state index contributed by atoms with van der Waals surface area (Å²) in [5.41, 5.74) is 0.757. The van der Waals surface area contributed by atoms with Crippen molar-refractivity contribution < 1.29 is 4.39 Å². The maximum Gasteiger partial charge on any atom is 0.124 e. The lowest BCUT2D eigenvalue weighted by atomic mass is 9.94. The van der Waals surface area contributed by atoms with Gasteiger partial charge in [0.15, 0.2) is 0 Å². The molecule has 1 nitrogen and oxygen atoms in total. The molecule has 1 aromatic rings. The van der Waals surface area contributed by atoms with Crippen molar-refractivity contribution in [2.24, 2.45) is 0 Å². The molecule has 2 heteroatoms. The van der Waals surface area contributed by atoms with Gasteiger partial charge in [0.25, 0.3) is 0 Å². The van der Waals surface area contributed by atoms with Crippen molar-refractivity contribution >= 4 is 0 Å². The summed E-state index contributed by atoms with van der Waals surface area (Å²) in [7, 11) is 2.14. The molecular weight excluding hydrogens is 225 g/mol. The summed E-state index contributed by atoms with van der Waals surface area (Å²) in [6.45, 7) is 0.765. The van der Waals surface area contributed by atoms with Gasteiger partial charge in [0.05, 0.1) is 6.54 Å². The molecule has 1 aliphatic rings. The van der Waals surface area contributed by atoms with E-state index in [0.29, 0.717) is 6.04 Å². The number of benzene rings is 1. The highest BCUT2D eigenvalue weighted by Gasteiger charge is 2.16. The second-order valence-corrected chi connectivity index (χ2v) is 5.02. The average Bonchev–Trinajstić information content (AvgIpc) is 2.40. The molecule has 1 saturated carbocycles. The molecule has 0 radical (unpaired) electrons. The van der Waals surface area contributed by atoms with Crippen LogP contribution >= 0.6 is 0 Å². The third-order valence-electron chi connectivity index (χ3n) is 3.58. The summed E-state index contributed by atoms with van der Waals surface area (Å²) in [4.78, 5) is 2.32. The van der Waals surface area contributed by atoms with Crippen molar-refractivity contribution in [1.82, 2.24) is 4.90 Å². The van der Waals surface area contributed by atoms with E-state index in [9.17, 15) is 4.39 Å². The van der Waals surface area contributed by atoms with Gasteiger partial charge in [-0.1, -0.05) is 37.2 Å². The summed E-state index contributed by atoms with van der Waals surface area (Å²) >= 11 is 0. The van der Waals surface area contributed by atoms with E-state index < -0.39 is 0 Å². The van der Waals surface area contributed by atoms with E-state index in [1.54, 1.807) is 6.07 Å². The Balaban J connectivity index is 1.87. The first-order valence-electron chi connectivity index (χ1n) is 6.70. The van der Waals surface area contributed by atoms with Crippen LogP contribution in [0.5, 0.6) is 0 Å². The Morgan fingerprint density at radius 1 is 1.28 bits per heavy atom. The summed E-state index contributed by atoms with van der Waals surface area (Å²) in [6, 6.07) is 7.15. The van der Waals surface area contributed by atoms with Crippen LogP contribution in [0.25, 0.3) is 0 Å². The van der Waals surface area contributed by atoms with Crippen LogP contribution in [0.4, 0.5) is 4.39 Å². The lowest BCUT2D eigenvalue weighted by molar-refractivity contribution is 0.212. The van der Waals surface area contributed by atoms with Gasteiger partial charge in [-0.2, -0.15) is 0 Å². The third-order valence-corrected chi connectivity index (χ3v) is 3.58. The zero-order chi connectivity index (χ0) is 12.8. The molecule has 2 rings (SSSR count). The monoisotopic (exact) mass is 245 g/mol. The molecule has 0 aliphatic heterocycles. The van der Waals surface area contributed by atoms with Gasteiger partial charge in [-0.05, 0) is 38.1 Å². The Morgan fingerprint density at radius 2 is 2.06 bits per heavy atom. The molecule has 0 aromatic heterocycles. The van der Waals surface area contributed by atoms with E-state index in [4.69, 9.17) is 0 Å². The number of nitrogens with zero attached hydrogens (tertiary/aromatic N) is 1. The number of hydrogen-bond acceptors (Lipinski definition) is 1. The molecule has 1 aromatic carbocycles. The normalized spacial score (nSPS) is 16.4. The molecule has 0 N–H and O–H groups in total. The highest BCUT2D eigenvalue weighted by atomic mass is 19.1. The molecule has 18 heavy (non-hydrogen) atoms. The molecular formula is C16H20FN. The van der Waals surface area contributed by atoms with Gasteiger partial charge in [-0.3, -0.25) is 4.90 Å². The lowest BCUT2D eigenvalue weighted by Crippen LogP contribution is -2.33. The van der Waals surface area contributed by atoms with Crippen molar-refractivity contribution in [3.05, 3.63) is 35.6 Å². The van der Waals surface area contributed by atoms with Crippen molar-refractivity contribution in [1.29, 1.82) is 0 Å². The quantitative estimate of drug-likeness (QED) is 0.721. The Labute approximate surface area is 109 Å². The van der Waals surface area contributed by atoms with Crippen LogP contribution in [0, 0.1) is 17.7 Å². The van der Waals surface area contributed by atoms with Crippen LogP contribution < -0.4 is 0 Å². The highest BCUT2D eigenvalue weighted by Crippen LogP contribution is 2.21. The van der Waals surface area contributed by atoms with Gasteiger partial charge in [-0.25, -0.2) is 4.39 Å². The Morgan fingerprint density at radius 3 is 2.78 bits per heavy atom. The van der Waals surface area contributed by atoms with Crippen molar-refractivity contribution in [3.8, 4) is 11.8 Å². The van der Waals surface area contributed by atoms with Gasteiger partial charge in [0.2, 0.25) is 0 Å². The van der Waals surface area contributed by atoms with Crippen LogP contribution in [0.2, 0.25) is 0 Å². The molecule has 0 bridgehead atoms. The van der Waals surface area contributed by atoms with Crippen LogP contribution in [-0.4, -0.2) is 24.5 Å². The smallest absolute Gasteiger partial charge is 0.124 e. The van der Waals surface area contributed by atoms with Gasteiger partial charge in [-0.15, -0.1) is 0 Å². The van der Waals surface area contributed by atoms with E-state index in [1.807, 2.05) is 6.07 Å². The molecule has 1 fully saturated rings. The Bertz CT molecular complexity index is 438. The maximum absolute atomic E-state index is 13.0. The SMILES string of the molecule is CN(CC#Cc1cccc(F)c1)C1CCCCC1. The topological polar surface area (TPSA) is 3.24 Å². The highest BCUT2D eigenvalue weighted by molar-refractivity contribution is 5.34.